The van der Waals surface area contributed by atoms with E-state index in [0.29, 0.717) is 6.54 Å². The Bertz CT molecular complexity index is 369. The molecule has 0 aliphatic carbocycles. The third-order valence-corrected chi connectivity index (χ3v) is 3.65. The van der Waals surface area contributed by atoms with Gasteiger partial charge in [-0.25, -0.2) is 8.42 Å². The fourth-order valence-electron chi connectivity index (χ4n) is 1.40. The molecule has 6 heteroatoms. The molecule has 1 rings (SSSR count). The molecule has 1 aliphatic rings. The SMILES string of the molecule is CC(C)(C)OCC(O)CNC1C=CS(=O)(=O)C1. The fourth-order valence-corrected chi connectivity index (χ4v) is 2.67. The maximum atomic E-state index is 11.1. The molecule has 17 heavy (non-hydrogen) atoms. The smallest absolute Gasteiger partial charge is 0.173 e. The van der Waals surface area contributed by atoms with Crippen LogP contribution in [0, 0.1) is 0 Å². The van der Waals surface area contributed by atoms with Gasteiger partial charge in [-0.05, 0) is 20.8 Å². The van der Waals surface area contributed by atoms with E-state index in [-0.39, 0.29) is 24.0 Å². The Morgan fingerprint density at radius 3 is 2.65 bits per heavy atom. The van der Waals surface area contributed by atoms with Crippen molar-refractivity contribution in [3.63, 3.8) is 0 Å². The molecule has 5 nitrogen and oxygen atoms in total. The van der Waals surface area contributed by atoms with E-state index in [4.69, 9.17) is 4.74 Å². The van der Waals surface area contributed by atoms with Crippen molar-refractivity contribution in [2.75, 3.05) is 18.9 Å². The number of ether oxygens (including phenoxy) is 1. The van der Waals surface area contributed by atoms with Crippen molar-refractivity contribution in [3.8, 4) is 0 Å². The van der Waals surface area contributed by atoms with E-state index in [2.05, 4.69) is 5.32 Å². The zero-order valence-electron chi connectivity index (χ0n) is 10.5. The highest BCUT2D eigenvalue weighted by Crippen LogP contribution is 2.09. The summed E-state index contributed by atoms with van der Waals surface area (Å²) in [6.45, 7) is 6.30. The van der Waals surface area contributed by atoms with E-state index < -0.39 is 15.9 Å². The quantitative estimate of drug-likeness (QED) is 0.734. The molecule has 100 valence electrons. The van der Waals surface area contributed by atoms with Crippen LogP contribution in [-0.2, 0) is 14.6 Å². The van der Waals surface area contributed by atoms with Gasteiger partial charge < -0.3 is 15.2 Å². The average Bonchev–Trinajstić information content (AvgIpc) is 2.51. The molecule has 0 spiro atoms. The monoisotopic (exact) mass is 263 g/mol. The number of hydrogen-bond donors (Lipinski definition) is 2. The molecule has 0 aromatic heterocycles. The summed E-state index contributed by atoms with van der Waals surface area (Å²) >= 11 is 0. The zero-order chi connectivity index (χ0) is 13.1. The first kappa shape index (κ1) is 14.6. The van der Waals surface area contributed by atoms with Crippen molar-refractivity contribution >= 4 is 9.84 Å². The van der Waals surface area contributed by atoms with E-state index in [1.165, 1.54) is 5.41 Å². The van der Waals surface area contributed by atoms with Gasteiger partial charge in [-0.3, -0.25) is 0 Å². The molecule has 2 atom stereocenters. The Hall–Kier alpha value is -0.430. The van der Waals surface area contributed by atoms with Crippen molar-refractivity contribution in [2.24, 2.45) is 0 Å². The molecular weight excluding hydrogens is 242 g/mol. The lowest BCUT2D eigenvalue weighted by atomic mass is 10.2. The standard InChI is InChI=1S/C11H21NO4S/c1-11(2,3)16-7-10(13)6-12-9-4-5-17(14,15)8-9/h4-5,9-10,12-13H,6-8H2,1-3H3. The van der Waals surface area contributed by atoms with E-state index >= 15 is 0 Å². The van der Waals surface area contributed by atoms with E-state index in [0.717, 1.165) is 0 Å². The molecular formula is C11H21NO4S. The first-order valence-corrected chi connectivity index (χ1v) is 7.36. The highest BCUT2D eigenvalue weighted by molar-refractivity contribution is 7.94. The van der Waals surface area contributed by atoms with Crippen LogP contribution in [0.3, 0.4) is 0 Å². The van der Waals surface area contributed by atoms with Crippen LogP contribution in [0.25, 0.3) is 0 Å². The molecule has 0 saturated heterocycles. The Morgan fingerprint density at radius 2 is 2.18 bits per heavy atom. The Labute approximate surface area is 103 Å². The normalized spacial score (nSPS) is 25.1. The zero-order valence-corrected chi connectivity index (χ0v) is 11.3. The first-order chi connectivity index (χ1) is 7.68. The lowest BCUT2D eigenvalue weighted by Gasteiger charge is -2.22. The average molecular weight is 263 g/mol. The van der Waals surface area contributed by atoms with Gasteiger partial charge in [-0.15, -0.1) is 0 Å². The number of hydrogen-bond acceptors (Lipinski definition) is 5. The van der Waals surface area contributed by atoms with Gasteiger partial charge >= 0.3 is 0 Å². The number of aliphatic hydroxyl groups is 1. The third kappa shape index (κ3) is 6.16. The summed E-state index contributed by atoms with van der Waals surface area (Å²) in [6, 6.07) is -0.204. The second-order valence-electron chi connectivity index (χ2n) is 5.25. The van der Waals surface area contributed by atoms with Gasteiger partial charge in [0, 0.05) is 18.0 Å². The summed E-state index contributed by atoms with van der Waals surface area (Å²) in [4.78, 5) is 0. The second-order valence-corrected chi connectivity index (χ2v) is 7.18. The Morgan fingerprint density at radius 1 is 1.53 bits per heavy atom. The van der Waals surface area contributed by atoms with Gasteiger partial charge in [0.2, 0.25) is 0 Å². The topological polar surface area (TPSA) is 75.6 Å². The fraction of sp³-hybridized carbons (Fsp3) is 0.818. The van der Waals surface area contributed by atoms with Crippen molar-refractivity contribution in [3.05, 3.63) is 11.5 Å². The largest absolute Gasteiger partial charge is 0.389 e. The van der Waals surface area contributed by atoms with Gasteiger partial charge in [0.05, 0.1) is 24.1 Å². The van der Waals surface area contributed by atoms with Crippen LogP contribution >= 0.6 is 0 Å². The highest BCUT2D eigenvalue weighted by atomic mass is 32.2. The molecule has 2 unspecified atom stereocenters. The molecule has 0 bridgehead atoms. The van der Waals surface area contributed by atoms with Crippen molar-refractivity contribution in [1.82, 2.24) is 5.32 Å². The maximum Gasteiger partial charge on any atom is 0.173 e. The number of nitrogens with one attached hydrogen (secondary N) is 1. The van der Waals surface area contributed by atoms with Crippen LogP contribution in [0.15, 0.2) is 11.5 Å². The van der Waals surface area contributed by atoms with E-state index in [9.17, 15) is 13.5 Å². The predicted octanol–water partition coefficient (Wildman–Crippen LogP) is 0.0627. The van der Waals surface area contributed by atoms with Gasteiger partial charge in [0.25, 0.3) is 0 Å². The minimum atomic E-state index is -3.03. The lowest BCUT2D eigenvalue weighted by Crippen LogP contribution is -2.39. The number of aliphatic hydroxyl groups excluding tert-OH is 1. The van der Waals surface area contributed by atoms with Crippen LogP contribution in [0.2, 0.25) is 0 Å². The van der Waals surface area contributed by atoms with Gasteiger partial charge in [0.15, 0.2) is 9.84 Å². The van der Waals surface area contributed by atoms with Crippen LogP contribution in [0.1, 0.15) is 20.8 Å². The lowest BCUT2D eigenvalue weighted by molar-refractivity contribution is -0.0480. The summed E-state index contributed by atoms with van der Waals surface area (Å²) in [7, 11) is -3.03. The predicted molar refractivity (Wildman–Crippen MR) is 66.4 cm³/mol. The highest BCUT2D eigenvalue weighted by Gasteiger charge is 2.22. The number of rotatable bonds is 5. The molecule has 0 fully saturated rings. The Balaban J connectivity index is 2.21. The molecule has 1 aliphatic heterocycles. The molecule has 1 heterocycles. The maximum absolute atomic E-state index is 11.1. The Kier molecular flexibility index (Phi) is 4.71. The summed E-state index contributed by atoms with van der Waals surface area (Å²) in [5.74, 6) is 0.0693. The van der Waals surface area contributed by atoms with Crippen molar-refractivity contribution in [2.45, 2.75) is 38.5 Å². The molecule has 0 amide bonds. The molecule has 2 N–H and O–H groups in total. The molecule has 0 aromatic carbocycles. The first-order valence-electron chi connectivity index (χ1n) is 5.64. The van der Waals surface area contributed by atoms with Crippen molar-refractivity contribution < 1.29 is 18.3 Å². The van der Waals surface area contributed by atoms with Crippen molar-refractivity contribution in [1.29, 1.82) is 0 Å². The molecule has 0 saturated carbocycles. The van der Waals surface area contributed by atoms with E-state index in [1.807, 2.05) is 20.8 Å². The third-order valence-electron chi connectivity index (χ3n) is 2.25. The van der Waals surface area contributed by atoms with Gasteiger partial charge in [-0.1, -0.05) is 6.08 Å². The second kappa shape index (κ2) is 5.48. The van der Waals surface area contributed by atoms with Crippen LogP contribution in [0.5, 0.6) is 0 Å². The number of sulfone groups is 1. The molecule has 0 aromatic rings. The van der Waals surface area contributed by atoms with Crippen LogP contribution < -0.4 is 5.32 Å². The van der Waals surface area contributed by atoms with Gasteiger partial charge in [0.1, 0.15) is 0 Å². The van der Waals surface area contributed by atoms with Gasteiger partial charge in [-0.2, -0.15) is 0 Å². The summed E-state index contributed by atoms with van der Waals surface area (Å²) < 4.78 is 27.7. The summed E-state index contributed by atoms with van der Waals surface area (Å²) in [5.41, 5.74) is -0.280. The summed E-state index contributed by atoms with van der Waals surface area (Å²) in [6.07, 6.45) is 0.970. The minimum absolute atomic E-state index is 0.0693. The van der Waals surface area contributed by atoms with E-state index in [1.54, 1.807) is 6.08 Å². The van der Waals surface area contributed by atoms with Crippen LogP contribution in [-0.4, -0.2) is 50.2 Å². The van der Waals surface area contributed by atoms with Crippen LogP contribution in [0.4, 0.5) is 0 Å². The minimum Gasteiger partial charge on any atom is -0.389 e. The summed E-state index contributed by atoms with van der Waals surface area (Å²) in [5, 5.41) is 13.8. The molecule has 0 radical (unpaired) electrons.